The van der Waals surface area contributed by atoms with Crippen LogP contribution in [-0.4, -0.2) is 45.3 Å². The number of ether oxygens (including phenoxy) is 1. The van der Waals surface area contributed by atoms with E-state index in [1.54, 1.807) is 0 Å². The van der Waals surface area contributed by atoms with Crippen molar-refractivity contribution in [3.63, 3.8) is 0 Å². The first-order valence-electron chi connectivity index (χ1n) is 4.52. The molecule has 2 aliphatic rings. The summed E-state index contributed by atoms with van der Waals surface area (Å²) in [5.74, 6) is -6.43. The predicted molar refractivity (Wildman–Crippen MR) is 40.6 cm³/mol. The molecule has 0 aromatic heterocycles. The fourth-order valence-corrected chi connectivity index (χ4v) is 2.05. The van der Waals surface area contributed by atoms with E-state index in [9.17, 15) is 19.0 Å². The monoisotopic (exact) mass is 210 g/mol. The third-order valence-corrected chi connectivity index (χ3v) is 2.95. The van der Waals surface area contributed by atoms with Crippen molar-refractivity contribution in [3.05, 3.63) is 0 Å². The van der Waals surface area contributed by atoms with E-state index in [2.05, 4.69) is 0 Å². The van der Waals surface area contributed by atoms with Gasteiger partial charge in [-0.3, -0.25) is 0 Å². The second kappa shape index (κ2) is 2.85. The molecule has 0 amide bonds. The Kier molecular flexibility index (Phi) is 2.08. The van der Waals surface area contributed by atoms with Crippen LogP contribution >= 0.6 is 0 Å². The quantitative estimate of drug-likeness (QED) is 0.509. The van der Waals surface area contributed by atoms with E-state index in [-0.39, 0.29) is 6.42 Å². The van der Waals surface area contributed by atoms with Crippen LogP contribution in [0.5, 0.6) is 0 Å². The molecule has 0 saturated carbocycles. The summed E-state index contributed by atoms with van der Waals surface area (Å²) < 4.78 is 31.3. The van der Waals surface area contributed by atoms with Gasteiger partial charge in [-0.2, -0.15) is 8.78 Å². The topological polar surface area (TPSA) is 69.9 Å². The van der Waals surface area contributed by atoms with Gasteiger partial charge in [-0.25, -0.2) is 0 Å². The largest absolute Gasteiger partial charge is 0.387 e. The Bertz CT molecular complexity index is 245. The lowest BCUT2D eigenvalue weighted by atomic mass is 9.82. The van der Waals surface area contributed by atoms with Crippen molar-refractivity contribution in [2.45, 2.75) is 49.3 Å². The molecule has 0 radical (unpaired) electrons. The number of halogens is 2. The van der Waals surface area contributed by atoms with Crippen LogP contribution in [-0.2, 0) is 4.74 Å². The maximum absolute atomic E-state index is 13.3. The Morgan fingerprint density at radius 3 is 2.57 bits per heavy atom. The molecule has 2 rings (SSSR count). The average molecular weight is 210 g/mol. The van der Waals surface area contributed by atoms with E-state index < -0.39 is 30.0 Å². The molecule has 4 nitrogen and oxygen atoms in total. The summed E-state index contributed by atoms with van der Waals surface area (Å²) in [5, 5.41) is 27.9. The van der Waals surface area contributed by atoms with E-state index in [1.807, 2.05) is 0 Å². The van der Waals surface area contributed by atoms with Gasteiger partial charge in [0.25, 0.3) is 0 Å². The molecular weight excluding hydrogens is 198 g/mol. The minimum absolute atomic E-state index is 0.222. The summed E-state index contributed by atoms with van der Waals surface area (Å²) in [6, 6.07) is 0. The zero-order valence-corrected chi connectivity index (χ0v) is 7.36. The van der Waals surface area contributed by atoms with E-state index >= 15 is 0 Å². The maximum atomic E-state index is 13.3. The minimum Gasteiger partial charge on any atom is -0.387 e. The first-order chi connectivity index (χ1) is 6.38. The lowest BCUT2D eigenvalue weighted by Gasteiger charge is -2.50. The Balaban J connectivity index is 2.34. The number of aliphatic hydroxyl groups is 3. The molecule has 0 aromatic rings. The molecule has 2 aliphatic heterocycles. The smallest absolute Gasteiger partial charge is 0.328 e. The third-order valence-electron chi connectivity index (χ3n) is 2.95. The molecule has 14 heavy (non-hydrogen) atoms. The molecule has 2 fully saturated rings. The molecule has 3 N–H and O–H groups in total. The van der Waals surface area contributed by atoms with Crippen LogP contribution < -0.4 is 0 Å². The molecule has 0 unspecified atom stereocenters. The van der Waals surface area contributed by atoms with Crippen molar-refractivity contribution in [2.24, 2.45) is 0 Å². The SMILES string of the molecule is O[C@H]1[C@@H]2CCC[C@@](O)(O2)C(F)(F)[C@@H]1O. The highest BCUT2D eigenvalue weighted by Crippen LogP contribution is 2.47. The summed E-state index contributed by atoms with van der Waals surface area (Å²) in [4.78, 5) is 0. The molecule has 4 atom stereocenters. The second-order valence-electron chi connectivity index (χ2n) is 3.89. The highest BCUT2D eigenvalue weighted by Gasteiger charge is 2.67. The van der Waals surface area contributed by atoms with E-state index in [4.69, 9.17) is 9.84 Å². The van der Waals surface area contributed by atoms with Crippen LogP contribution in [0.15, 0.2) is 0 Å². The summed E-state index contributed by atoms with van der Waals surface area (Å²) >= 11 is 0. The fourth-order valence-electron chi connectivity index (χ4n) is 2.05. The molecule has 82 valence electrons. The van der Waals surface area contributed by atoms with Gasteiger partial charge in [0.15, 0.2) is 6.10 Å². The number of hydrogen-bond acceptors (Lipinski definition) is 4. The van der Waals surface area contributed by atoms with Crippen molar-refractivity contribution in [3.8, 4) is 0 Å². The van der Waals surface area contributed by atoms with Gasteiger partial charge >= 0.3 is 5.92 Å². The van der Waals surface area contributed by atoms with Crippen LogP contribution in [0.4, 0.5) is 8.78 Å². The van der Waals surface area contributed by atoms with Gasteiger partial charge in [0, 0.05) is 6.42 Å². The number of alkyl halides is 2. The van der Waals surface area contributed by atoms with Crippen molar-refractivity contribution >= 4 is 0 Å². The van der Waals surface area contributed by atoms with Gasteiger partial charge in [-0.15, -0.1) is 0 Å². The molecule has 2 saturated heterocycles. The number of fused-ring (bicyclic) bond motifs is 2. The van der Waals surface area contributed by atoms with Gasteiger partial charge < -0.3 is 20.1 Å². The molecule has 0 spiro atoms. The van der Waals surface area contributed by atoms with Gasteiger partial charge in [-0.1, -0.05) is 0 Å². The molecule has 0 aromatic carbocycles. The first-order valence-corrected chi connectivity index (χ1v) is 4.52. The Labute approximate surface area is 79.1 Å². The molecule has 2 heterocycles. The minimum atomic E-state index is -3.82. The first kappa shape index (κ1) is 10.2. The van der Waals surface area contributed by atoms with Crippen LogP contribution in [0.25, 0.3) is 0 Å². The fraction of sp³-hybridized carbons (Fsp3) is 1.00. The Morgan fingerprint density at radius 2 is 1.93 bits per heavy atom. The van der Waals surface area contributed by atoms with Crippen LogP contribution in [0.1, 0.15) is 19.3 Å². The number of rotatable bonds is 0. The lowest BCUT2D eigenvalue weighted by molar-refractivity contribution is -0.415. The normalized spacial score (nSPS) is 51.6. The highest BCUT2D eigenvalue weighted by atomic mass is 19.3. The van der Waals surface area contributed by atoms with Crippen molar-refractivity contribution in [1.82, 2.24) is 0 Å². The summed E-state index contributed by atoms with van der Waals surface area (Å²) in [6.07, 6.45) is -4.29. The van der Waals surface area contributed by atoms with Crippen molar-refractivity contribution in [2.75, 3.05) is 0 Å². The Morgan fingerprint density at radius 1 is 1.29 bits per heavy atom. The summed E-state index contributed by atoms with van der Waals surface area (Å²) in [7, 11) is 0. The van der Waals surface area contributed by atoms with Crippen LogP contribution in [0.3, 0.4) is 0 Å². The molecular formula is C8H12F2O4. The third kappa shape index (κ3) is 1.11. The van der Waals surface area contributed by atoms with Crippen molar-refractivity contribution in [1.29, 1.82) is 0 Å². The number of hydrogen-bond donors (Lipinski definition) is 3. The van der Waals surface area contributed by atoms with E-state index in [0.29, 0.717) is 12.8 Å². The van der Waals surface area contributed by atoms with Gasteiger partial charge in [0.05, 0.1) is 6.10 Å². The highest BCUT2D eigenvalue weighted by molar-refractivity contribution is 5.03. The molecule has 2 bridgehead atoms. The standard InChI is InChI=1S/C8H12F2O4/c9-8(10)6(12)5(11)4-2-1-3-7(8,13)14-4/h4-6,11-13H,1-3H2/t4-,5-,6+,7+/m0/s1. The van der Waals surface area contributed by atoms with E-state index in [1.165, 1.54) is 0 Å². The second-order valence-corrected chi connectivity index (χ2v) is 3.89. The molecule has 6 heteroatoms. The van der Waals surface area contributed by atoms with Gasteiger partial charge in [-0.05, 0) is 12.8 Å². The lowest BCUT2D eigenvalue weighted by Crippen LogP contribution is -2.70. The zero-order valence-electron chi connectivity index (χ0n) is 7.36. The zero-order chi connectivity index (χ0) is 10.6. The van der Waals surface area contributed by atoms with Crippen molar-refractivity contribution < 1.29 is 28.8 Å². The van der Waals surface area contributed by atoms with Gasteiger partial charge in [0.1, 0.15) is 6.10 Å². The average Bonchev–Trinajstić information content (AvgIpc) is 2.14. The van der Waals surface area contributed by atoms with E-state index in [0.717, 1.165) is 0 Å². The van der Waals surface area contributed by atoms with Crippen LogP contribution in [0.2, 0.25) is 0 Å². The van der Waals surface area contributed by atoms with Crippen LogP contribution in [0, 0.1) is 0 Å². The molecule has 0 aliphatic carbocycles. The Hall–Kier alpha value is -0.300. The summed E-state index contributed by atoms with van der Waals surface area (Å²) in [5.41, 5.74) is 0. The summed E-state index contributed by atoms with van der Waals surface area (Å²) in [6.45, 7) is 0. The number of aliphatic hydroxyl groups excluding tert-OH is 2. The predicted octanol–water partition coefficient (Wildman–Crippen LogP) is -0.385. The maximum Gasteiger partial charge on any atom is 0.328 e. The van der Waals surface area contributed by atoms with Gasteiger partial charge in [0.2, 0.25) is 5.79 Å².